The SMILES string of the molecule is CCN(CC)S(=O)(=O)c1cccc(C(=O)N/N=C(\C)c2ccc3c(c2)OCCO3)c1. The van der Waals surface area contributed by atoms with Crippen molar-refractivity contribution in [3.8, 4) is 11.5 Å². The number of rotatable bonds is 7. The van der Waals surface area contributed by atoms with Gasteiger partial charge in [-0.25, -0.2) is 13.8 Å². The van der Waals surface area contributed by atoms with Gasteiger partial charge in [0.05, 0.1) is 10.6 Å². The third-order valence-electron chi connectivity index (χ3n) is 4.72. The highest BCUT2D eigenvalue weighted by Gasteiger charge is 2.22. The van der Waals surface area contributed by atoms with Crippen LogP contribution in [-0.2, 0) is 10.0 Å². The second kappa shape index (κ2) is 9.27. The molecule has 30 heavy (non-hydrogen) atoms. The van der Waals surface area contributed by atoms with Gasteiger partial charge in [0.2, 0.25) is 10.0 Å². The smallest absolute Gasteiger partial charge is 0.271 e. The van der Waals surface area contributed by atoms with E-state index in [0.717, 1.165) is 5.56 Å². The summed E-state index contributed by atoms with van der Waals surface area (Å²) in [5, 5.41) is 4.14. The molecule has 0 saturated heterocycles. The number of carbonyl (C=O) groups is 1. The molecule has 0 atom stereocenters. The summed E-state index contributed by atoms with van der Waals surface area (Å²) in [6.07, 6.45) is 0. The van der Waals surface area contributed by atoms with Gasteiger partial charge in [0.1, 0.15) is 13.2 Å². The molecule has 0 aromatic heterocycles. The first kappa shape index (κ1) is 21.8. The maximum absolute atomic E-state index is 12.7. The predicted octanol–water partition coefficient (Wildman–Crippen LogP) is 2.64. The molecule has 1 N–H and O–H groups in total. The summed E-state index contributed by atoms with van der Waals surface area (Å²) in [6.45, 7) is 7.00. The Bertz CT molecular complexity index is 1060. The lowest BCUT2D eigenvalue weighted by Gasteiger charge is -2.19. The molecule has 1 amide bonds. The molecule has 2 aromatic rings. The molecule has 8 nitrogen and oxygen atoms in total. The number of fused-ring (bicyclic) bond motifs is 1. The number of hydrogen-bond acceptors (Lipinski definition) is 6. The van der Waals surface area contributed by atoms with E-state index in [2.05, 4.69) is 10.5 Å². The molecule has 1 heterocycles. The van der Waals surface area contributed by atoms with E-state index in [1.165, 1.54) is 16.4 Å². The fourth-order valence-corrected chi connectivity index (χ4v) is 4.55. The van der Waals surface area contributed by atoms with E-state index in [-0.39, 0.29) is 10.5 Å². The molecular weight excluding hydrogens is 406 g/mol. The lowest BCUT2D eigenvalue weighted by atomic mass is 10.1. The molecule has 0 bridgehead atoms. The van der Waals surface area contributed by atoms with Gasteiger partial charge in [0, 0.05) is 24.2 Å². The lowest BCUT2D eigenvalue weighted by Crippen LogP contribution is -2.30. The van der Waals surface area contributed by atoms with Crippen LogP contribution in [0.2, 0.25) is 0 Å². The van der Waals surface area contributed by atoms with Gasteiger partial charge >= 0.3 is 0 Å². The first-order valence-corrected chi connectivity index (χ1v) is 11.2. The molecular formula is C21H25N3O5S. The fourth-order valence-electron chi connectivity index (χ4n) is 3.04. The number of carbonyl (C=O) groups excluding carboxylic acids is 1. The number of amides is 1. The molecule has 0 unspecified atom stereocenters. The Labute approximate surface area is 176 Å². The zero-order valence-electron chi connectivity index (χ0n) is 17.2. The Morgan fingerprint density at radius 3 is 2.43 bits per heavy atom. The Morgan fingerprint density at radius 1 is 1.03 bits per heavy atom. The first-order chi connectivity index (χ1) is 14.4. The van der Waals surface area contributed by atoms with Crippen molar-refractivity contribution in [3.05, 3.63) is 53.6 Å². The highest BCUT2D eigenvalue weighted by molar-refractivity contribution is 7.89. The number of benzene rings is 2. The van der Waals surface area contributed by atoms with E-state index in [9.17, 15) is 13.2 Å². The van der Waals surface area contributed by atoms with Gasteiger partial charge in [-0.2, -0.15) is 9.41 Å². The number of nitrogens with one attached hydrogen (secondary N) is 1. The second-order valence-electron chi connectivity index (χ2n) is 6.61. The molecule has 0 radical (unpaired) electrons. The molecule has 0 fully saturated rings. The van der Waals surface area contributed by atoms with E-state index < -0.39 is 15.9 Å². The van der Waals surface area contributed by atoms with E-state index in [0.29, 0.717) is 43.5 Å². The van der Waals surface area contributed by atoms with Crippen molar-refractivity contribution in [3.63, 3.8) is 0 Å². The Hall–Kier alpha value is -2.91. The highest BCUT2D eigenvalue weighted by Crippen LogP contribution is 2.30. The molecule has 0 aliphatic carbocycles. The molecule has 1 aliphatic heterocycles. The van der Waals surface area contributed by atoms with Crippen LogP contribution in [0.5, 0.6) is 11.5 Å². The third-order valence-corrected chi connectivity index (χ3v) is 6.77. The largest absolute Gasteiger partial charge is 0.486 e. The maximum atomic E-state index is 12.7. The number of nitrogens with zero attached hydrogens (tertiary/aromatic N) is 2. The highest BCUT2D eigenvalue weighted by atomic mass is 32.2. The first-order valence-electron chi connectivity index (χ1n) is 9.71. The second-order valence-corrected chi connectivity index (χ2v) is 8.55. The maximum Gasteiger partial charge on any atom is 0.271 e. The van der Waals surface area contributed by atoms with Crippen molar-refractivity contribution in [1.82, 2.24) is 9.73 Å². The van der Waals surface area contributed by atoms with Crippen LogP contribution in [0, 0.1) is 0 Å². The van der Waals surface area contributed by atoms with Crippen LogP contribution < -0.4 is 14.9 Å². The Balaban J connectivity index is 1.76. The number of sulfonamides is 1. The summed E-state index contributed by atoms with van der Waals surface area (Å²) in [6, 6.07) is 11.4. The summed E-state index contributed by atoms with van der Waals surface area (Å²) in [5.41, 5.74) is 4.04. The fraction of sp³-hybridized carbons (Fsp3) is 0.333. The van der Waals surface area contributed by atoms with Crippen LogP contribution in [0.15, 0.2) is 52.5 Å². The van der Waals surface area contributed by atoms with Gasteiger partial charge < -0.3 is 9.47 Å². The van der Waals surface area contributed by atoms with Crippen molar-refractivity contribution >= 4 is 21.6 Å². The Morgan fingerprint density at radius 2 is 1.73 bits per heavy atom. The summed E-state index contributed by atoms with van der Waals surface area (Å²) < 4.78 is 37.8. The molecule has 160 valence electrons. The van der Waals surface area contributed by atoms with Crippen LogP contribution in [0.3, 0.4) is 0 Å². The average Bonchev–Trinajstić information content (AvgIpc) is 2.77. The summed E-state index contributed by atoms with van der Waals surface area (Å²) >= 11 is 0. The van der Waals surface area contributed by atoms with Gasteiger partial charge in [-0.15, -0.1) is 0 Å². The van der Waals surface area contributed by atoms with Crippen molar-refractivity contribution in [2.24, 2.45) is 5.10 Å². The van der Waals surface area contributed by atoms with E-state index in [1.807, 2.05) is 6.07 Å². The van der Waals surface area contributed by atoms with Gasteiger partial charge in [-0.05, 0) is 43.3 Å². The van der Waals surface area contributed by atoms with Crippen molar-refractivity contribution in [2.75, 3.05) is 26.3 Å². The van der Waals surface area contributed by atoms with E-state index in [4.69, 9.17) is 9.47 Å². The van der Waals surface area contributed by atoms with Crippen molar-refractivity contribution in [2.45, 2.75) is 25.7 Å². The third kappa shape index (κ3) is 4.63. The summed E-state index contributed by atoms with van der Waals surface area (Å²) in [7, 11) is -3.65. The van der Waals surface area contributed by atoms with Crippen molar-refractivity contribution in [1.29, 1.82) is 0 Å². The van der Waals surface area contributed by atoms with Crippen molar-refractivity contribution < 1.29 is 22.7 Å². The zero-order chi connectivity index (χ0) is 21.7. The zero-order valence-corrected chi connectivity index (χ0v) is 18.0. The summed E-state index contributed by atoms with van der Waals surface area (Å²) in [4.78, 5) is 12.6. The Kier molecular flexibility index (Phi) is 6.73. The number of ether oxygens (including phenoxy) is 2. The molecule has 1 aliphatic rings. The lowest BCUT2D eigenvalue weighted by molar-refractivity contribution is 0.0954. The standard InChI is InChI=1S/C21H25N3O5S/c1-4-24(5-2)30(26,27)18-8-6-7-17(13-18)21(25)23-22-15(3)16-9-10-19-20(14-16)29-12-11-28-19/h6-10,13-14H,4-5,11-12H2,1-3H3,(H,23,25)/b22-15+. The number of hydrazone groups is 1. The number of hydrogen-bond donors (Lipinski definition) is 1. The monoisotopic (exact) mass is 431 g/mol. The molecule has 0 saturated carbocycles. The van der Waals surface area contributed by atoms with E-state index in [1.54, 1.807) is 45.0 Å². The van der Waals surface area contributed by atoms with Crippen LogP contribution in [0.4, 0.5) is 0 Å². The normalized spacial score (nSPS) is 13.9. The average molecular weight is 432 g/mol. The van der Waals surface area contributed by atoms with Gasteiger partial charge in [0.25, 0.3) is 5.91 Å². The van der Waals surface area contributed by atoms with Gasteiger partial charge in [0.15, 0.2) is 11.5 Å². The molecule has 3 rings (SSSR count). The van der Waals surface area contributed by atoms with Gasteiger partial charge in [-0.3, -0.25) is 4.79 Å². The minimum absolute atomic E-state index is 0.0754. The van der Waals surface area contributed by atoms with Crippen LogP contribution >= 0.6 is 0 Å². The predicted molar refractivity (Wildman–Crippen MR) is 114 cm³/mol. The molecule has 9 heteroatoms. The van der Waals surface area contributed by atoms with Gasteiger partial charge in [-0.1, -0.05) is 19.9 Å². The van der Waals surface area contributed by atoms with Crippen LogP contribution in [0.1, 0.15) is 36.7 Å². The minimum Gasteiger partial charge on any atom is -0.486 e. The molecule has 0 spiro atoms. The topological polar surface area (TPSA) is 97.3 Å². The molecule has 2 aromatic carbocycles. The summed E-state index contributed by atoms with van der Waals surface area (Å²) in [5.74, 6) is 0.811. The van der Waals surface area contributed by atoms with E-state index >= 15 is 0 Å². The van der Waals surface area contributed by atoms with Crippen LogP contribution in [-0.4, -0.2) is 50.6 Å². The quantitative estimate of drug-likeness (QED) is 0.537. The minimum atomic E-state index is -3.65. The van der Waals surface area contributed by atoms with Crippen LogP contribution in [0.25, 0.3) is 0 Å².